The minimum absolute atomic E-state index is 0.0349. The van der Waals surface area contributed by atoms with Crippen LogP contribution < -0.4 is 5.73 Å². The smallest absolute Gasteiger partial charge is 0.327 e. The van der Waals surface area contributed by atoms with Crippen LogP contribution in [-0.4, -0.2) is 45.5 Å². The molecule has 0 saturated heterocycles. The molecule has 40 heavy (non-hydrogen) atoms. The van der Waals surface area contributed by atoms with Crippen LogP contribution in [0.3, 0.4) is 0 Å². The minimum Gasteiger partial charge on any atom is -0.508 e. The van der Waals surface area contributed by atoms with E-state index in [9.17, 15) is 24.6 Å². The van der Waals surface area contributed by atoms with Crippen LogP contribution in [0.1, 0.15) is 75.3 Å². The van der Waals surface area contributed by atoms with E-state index in [1.165, 1.54) is 31.4 Å². The highest BCUT2D eigenvalue weighted by Crippen LogP contribution is 2.22. The maximum atomic E-state index is 13.7. The largest absolute Gasteiger partial charge is 0.508 e. The Hall–Kier alpha value is -3.71. The number of nitrogens with two attached hydrogens (primary N) is 1. The molecule has 2 amide bonds. The number of hydrogen-bond donors (Lipinski definition) is 3. The second-order valence-corrected chi connectivity index (χ2v) is 10.4. The molecule has 0 aliphatic heterocycles. The summed E-state index contributed by atoms with van der Waals surface area (Å²) in [6.45, 7) is 0.743. The summed E-state index contributed by atoms with van der Waals surface area (Å²) in [7, 11) is 0. The van der Waals surface area contributed by atoms with Gasteiger partial charge in [0.2, 0.25) is 11.8 Å². The highest BCUT2D eigenvalue weighted by molar-refractivity contribution is 6.01. The first kappa shape index (κ1) is 30.8. The van der Waals surface area contributed by atoms with Crippen molar-refractivity contribution in [1.82, 2.24) is 4.90 Å². The number of aliphatic carboxylic acids is 1. The van der Waals surface area contributed by atoms with Crippen molar-refractivity contribution in [2.75, 3.05) is 6.54 Å². The van der Waals surface area contributed by atoms with Gasteiger partial charge in [-0.25, -0.2) is 4.79 Å². The molecule has 0 saturated carbocycles. The first-order valence-corrected chi connectivity index (χ1v) is 14.4. The Kier molecular flexibility index (Phi) is 12.6. The van der Waals surface area contributed by atoms with Gasteiger partial charge in [0.05, 0.1) is 6.42 Å². The molecule has 0 aliphatic carbocycles. The summed E-state index contributed by atoms with van der Waals surface area (Å²) in [4.78, 5) is 40.5. The molecule has 214 valence electrons. The number of nitrogens with zero attached hydrogens (tertiary/aromatic N) is 1. The Labute approximate surface area is 237 Å². The number of benzene rings is 3. The fourth-order valence-electron chi connectivity index (χ4n) is 5.10. The van der Waals surface area contributed by atoms with Crippen LogP contribution in [0.2, 0.25) is 0 Å². The third kappa shape index (κ3) is 9.49. The van der Waals surface area contributed by atoms with Gasteiger partial charge >= 0.3 is 5.97 Å². The van der Waals surface area contributed by atoms with E-state index < -0.39 is 23.8 Å². The van der Waals surface area contributed by atoms with Crippen LogP contribution in [0, 0.1) is 0 Å². The molecule has 0 radical (unpaired) electrons. The molecule has 0 fully saturated rings. The number of rotatable bonds is 17. The Bertz CT molecular complexity index is 1240. The SMILES string of the molecule is NCCCCCCCCCCCC(=O)N(C(=O)Cc1cccc2ccccc12)C(Cc1ccc(O)cc1)C(=O)O. The van der Waals surface area contributed by atoms with Crippen LogP contribution in [0.25, 0.3) is 10.8 Å². The summed E-state index contributed by atoms with van der Waals surface area (Å²) in [5, 5.41) is 21.6. The summed E-state index contributed by atoms with van der Waals surface area (Å²) in [6, 6.07) is 18.2. The molecular weight excluding hydrogens is 504 g/mol. The van der Waals surface area contributed by atoms with E-state index in [2.05, 4.69) is 0 Å². The van der Waals surface area contributed by atoms with E-state index >= 15 is 0 Å². The van der Waals surface area contributed by atoms with E-state index in [1.807, 2.05) is 42.5 Å². The van der Waals surface area contributed by atoms with E-state index in [4.69, 9.17) is 5.73 Å². The summed E-state index contributed by atoms with van der Waals surface area (Å²) in [5.41, 5.74) is 6.90. The van der Waals surface area contributed by atoms with Gasteiger partial charge in [-0.05, 0) is 53.4 Å². The number of aromatic hydroxyl groups is 1. The number of phenols is 1. The van der Waals surface area contributed by atoms with Crippen LogP contribution in [-0.2, 0) is 27.2 Å². The first-order valence-electron chi connectivity index (χ1n) is 14.4. The molecule has 1 atom stereocenters. The van der Waals surface area contributed by atoms with Crippen molar-refractivity contribution >= 4 is 28.6 Å². The normalized spacial score (nSPS) is 11.8. The van der Waals surface area contributed by atoms with Gasteiger partial charge in [-0.1, -0.05) is 99.5 Å². The molecule has 3 aromatic carbocycles. The summed E-state index contributed by atoms with van der Waals surface area (Å²) >= 11 is 0. The van der Waals surface area contributed by atoms with Gasteiger partial charge in [0.25, 0.3) is 0 Å². The highest BCUT2D eigenvalue weighted by Gasteiger charge is 2.34. The number of unbranched alkanes of at least 4 members (excludes halogenated alkanes) is 8. The molecule has 7 heteroatoms. The van der Waals surface area contributed by atoms with Crippen LogP contribution >= 0.6 is 0 Å². The quantitative estimate of drug-likeness (QED) is 0.179. The molecule has 0 heterocycles. The summed E-state index contributed by atoms with van der Waals surface area (Å²) in [5.74, 6) is -2.16. The molecule has 7 nitrogen and oxygen atoms in total. The molecule has 3 rings (SSSR count). The maximum absolute atomic E-state index is 13.7. The zero-order chi connectivity index (χ0) is 28.7. The fraction of sp³-hybridized carbons (Fsp3) is 0.424. The number of carboxylic acid groups (broad SMARTS) is 1. The minimum atomic E-state index is -1.34. The van der Waals surface area contributed by atoms with E-state index in [0.717, 1.165) is 59.9 Å². The third-order valence-electron chi connectivity index (χ3n) is 7.32. The maximum Gasteiger partial charge on any atom is 0.327 e. The zero-order valence-corrected chi connectivity index (χ0v) is 23.3. The molecule has 0 aromatic heterocycles. The van der Waals surface area contributed by atoms with Gasteiger partial charge in [0, 0.05) is 12.8 Å². The monoisotopic (exact) mass is 546 g/mol. The van der Waals surface area contributed by atoms with Crippen molar-refractivity contribution in [3.05, 3.63) is 77.9 Å². The van der Waals surface area contributed by atoms with Gasteiger partial charge in [-0.2, -0.15) is 0 Å². The summed E-state index contributed by atoms with van der Waals surface area (Å²) < 4.78 is 0. The Morgan fingerprint density at radius 3 is 1.98 bits per heavy atom. The number of carbonyl (C=O) groups excluding carboxylic acids is 2. The Morgan fingerprint density at radius 1 is 0.725 bits per heavy atom. The molecular formula is C33H42N2O5. The van der Waals surface area contributed by atoms with Crippen molar-refractivity contribution in [1.29, 1.82) is 0 Å². The molecule has 0 aliphatic rings. The predicted octanol–water partition coefficient (Wildman–Crippen LogP) is 6.00. The lowest BCUT2D eigenvalue weighted by molar-refractivity contribution is -0.157. The average molecular weight is 547 g/mol. The standard InChI is InChI=1S/C33H42N2O5/c34-22-11-7-5-3-1-2-4-6-8-17-31(37)35(30(33(39)40)23-25-18-20-28(36)21-19-25)32(38)24-27-15-12-14-26-13-9-10-16-29(26)27/h9-10,12-16,18-21,30,36H,1-8,11,17,22-24,34H2,(H,39,40). The molecule has 4 N–H and O–H groups in total. The fourth-order valence-corrected chi connectivity index (χ4v) is 5.10. The van der Waals surface area contributed by atoms with Gasteiger partial charge in [-0.15, -0.1) is 0 Å². The molecule has 3 aromatic rings. The van der Waals surface area contributed by atoms with Crippen molar-refractivity contribution in [2.45, 2.75) is 83.1 Å². The number of fused-ring (bicyclic) bond motifs is 1. The lowest BCUT2D eigenvalue weighted by Gasteiger charge is -2.28. The highest BCUT2D eigenvalue weighted by atomic mass is 16.4. The van der Waals surface area contributed by atoms with Gasteiger partial charge in [0.1, 0.15) is 11.8 Å². The summed E-state index contributed by atoms with van der Waals surface area (Å²) in [6.07, 6.45) is 9.36. The lowest BCUT2D eigenvalue weighted by Crippen LogP contribution is -2.50. The van der Waals surface area contributed by atoms with Crippen LogP contribution in [0.5, 0.6) is 5.75 Å². The van der Waals surface area contributed by atoms with Crippen molar-refractivity contribution in [2.24, 2.45) is 5.73 Å². The number of carbonyl (C=O) groups is 3. The molecule has 0 bridgehead atoms. The number of phenolic OH excluding ortho intramolecular Hbond substituents is 1. The zero-order valence-electron chi connectivity index (χ0n) is 23.3. The van der Waals surface area contributed by atoms with Crippen LogP contribution in [0.4, 0.5) is 0 Å². The second kappa shape index (κ2) is 16.4. The van der Waals surface area contributed by atoms with Crippen LogP contribution in [0.15, 0.2) is 66.7 Å². The van der Waals surface area contributed by atoms with Gasteiger partial charge in [-0.3, -0.25) is 14.5 Å². The van der Waals surface area contributed by atoms with Crippen molar-refractivity contribution in [3.8, 4) is 5.75 Å². The topological polar surface area (TPSA) is 121 Å². The Balaban J connectivity index is 1.69. The number of amides is 2. The first-order chi connectivity index (χ1) is 19.4. The van der Waals surface area contributed by atoms with Gasteiger partial charge < -0.3 is 15.9 Å². The molecule has 1 unspecified atom stereocenters. The lowest BCUT2D eigenvalue weighted by atomic mass is 9.99. The number of hydrogen-bond acceptors (Lipinski definition) is 5. The van der Waals surface area contributed by atoms with E-state index in [1.54, 1.807) is 12.1 Å². The Morgan fingerprint density at radius 2 is 1.32 bits per heavy atom. The van der Waals surface area contributed by atoms with Crippen molar-refractivity contribution in [3.63, 3.8) is 0 Å². The second-order valence-electron chi connectivity index (χ2n) is 10.4. The third-order valence-corrected chi connectivity index (χ3v) is 7.32. The average Bonchev–Trinajstić information content (AvgIpc) is 2.95. The van der Waals surface area contributed by atoms with Gasteiger partial charge in [0.15, 0.2) is 0 Å². The van der Waals surface area contributed by atoms with Crippen molar-refractivity contribution < 1.29 is 24.6 Å². The molecule has 0 spiro atoms. The van der Waals surface area contributed by atoms with E-state index in [-0.39, 0.29) is 25.0 Å². The number of imide groups is 1. The predicted molar refractivity (Wildman–Crippen MR) is 158 cm³/mol. The number of carboxylic acids is 1. The van der Waals surface area contributed by atoms with E-state index in [0.29, 0.717) is 12.0 Å².